The van der Waals surface area contributed by atoms with Gasteiger partial charge in [-0.3, -0.25) is 0 Å². The minimum Gasteiger partial charge on any atom is -0.477 e. The zero-order chi connectivity index (χ0) is 13.8. The van der Waals surface area contributed by atoms with E-state index < -0.39 is 5.97 Å². The summed E-state index contributed by atoms with van der Waals surface area (Å²) in [6.07, 6.45) is 3.16. The molecule has 2 N–H and O–H groups in total. The predicted molar refractivity (Wildman–Crippen MR) is 75.2 cm³/mol. The third kappa shape index (κ3) is 3.03. The quantitative estimate of drug-likeness (QED) is 0.660. The summed E-state index contributed by atoms with van der Waals surface area (Å²) in [6, 6.07) is 7.62. The van der Waals surface area contributed by atoms with Gasteiger partial charge < -0.3 is 10.4 Å². The van der Waals surface area contributed by atoms with E-state index in [2.05, 4.69) is 15.3 Å². The van der Waals surface area contributed by atoms with Crippen LogP contribution in [0, 0.1) is 6.92 Å². The highest BCUT2D eigenvalue weighted by Gasteiger charge is 2.14. The lowest BCUT2D eigenvalue weighted by molar-refractivity contribution is 0.0697. The van der Waals surface area contributed by atoms with Crippen molar-refractivity contribution < 1.29 is 9.90 Å². The number of benzene rings is 1. The van der Waals surface area contributed by atoms with Crippen LogP contribution in [0.25, 0.3) is 0 Å². The van der Waals surface area contributed by atoms with Gasteiger partial charge in [-0.25, -0.2) is 14.8 Å². The van der Waals surface area contributed by atoms with Crippen molar-refractivity contribution in [3.63, 3.8) is 0 Å². The Labute approximate surface area is 115 Å². The summed E-state index contributed by atoms with van der Waals surface area (Å²) >= 11 is 1.36. The molecule has 2 aromatic rings. The van der Waals surface area contributed by atoms with Crippen LogP contribution in [0.4, 0.5) is 11.5 Å². The molecular weight excluding hydrogens is 262 g/mol. The zero-order valence-corrected chi connectivity index (χ0v) is 11.4. The Morgan fingerprint density at radius 3 is 2.74 bits per heavy atom. The van der Waals surface area contributed by atoms with Gasteiger partial charge in [0.1, 0.15) is 11.4 Å². The summed E-state index contributed by atoms with van der Waals surface area (Å²) in [7, 11) is 0. The first-order valence-corrected chi connectivity index (χ1v) is 6.81. The van der Waals surface area contributed by atoms with Crippen molar-refractivity contribution in [1.29, 1.82) is 0 Å². The van der Waals surface area contributed by atoms with E-state index in [1.807, 2.05) is 37.4 Å². The largest absolute Gasteiger partial charge is 0.477 e. The van der Waals surface area contributed by atoms with Crippen molar-refractivity contribution in [2.45, 2.75) is 12.1 Å². The number of anilines is 2. The number of nitrogens with zero attached hydrogens (tertiary/aromatic N) is 2. The van der Waals surface area contributed by atoms with Crippen LogP contribution in [0.15, 0.2) is 35.6 Å². The van der Waals surface area contributed by atoms with Gasteiger partial charge >= 0.3 is 5.97 Å². The Morgan fingerprint density at radius 1 is 1.37 bits per heavy atom. The molecule has 0 aliphatic heterocycles. The average Bonchev–Trinajstić information content (AvgIpc) is 2.41. The Hall–Kier alpha value is -2.08. The van der Waals surface area contributed by atoms with E-state index in [1.54, 1.807) is 0 Å². The number of para-hydroxylation sites is 1. The maximum absolute atomic E-state index is 11.2. The summed E-state index contributed by atoms with van der Waals surface area (Å²) in [5.74, 6) is -0.745. The molecule has 1 aromatic heterocycles. The number of hydrogen-bond donors (Lipinski definition) is 2. The van der Waals surface area contributed by atoms with Crippen molar-refractivity contribution in [2.75, 3.05) is 11.6 Å². The summed E-state index contributed by atoms with van der Waals surface area (Å²) in [5, 5.41) is 12.7. The number of hydrogen-bond acceptors (Lipinski definition) is 5. The second kappa shape index (κ2) is 5.71. The van der Waals surface area contributed by atoms with E-state index in [0.29, 0.717) is 11.0 Å². The van der Waals surface area contributed by atoms with Gasteiger partial charge in [0.25, 0.3) is 0 Å². The van der Waals surface area contributed by atoms with Crippen LogP contribution in [0.1, 0.15) is 15.9 Å². The van der Waals surface area contributed by atoms with Gasteiger partial charge in [0.05, 0.1) is 0 Å². The lowest BCUT2D eigenvalue weighted by Crippen LogP contribution is -2.07. The number of rotatable bonds is 4. The zero-order valence-electron chi connectivity index (χ0n) is 10.5. The smallest absolute Gasteiger partial charge is 0.341 e. The number of carboxylic acids is 1. The van der Waals surface area contributed by atoms with Crippen LogP contribution < -0.4 is 5.32 Å². The minimum atomic E-state index is -1.05. The van der Waals surface area contributed by atoms with Crippen molar-refractivity contribution in [2.24, 2.45) is 0 Å². The molecule has 0 bridgehead atoms. The molecule has 0 unspecified atom stereocenters. The van der Waals surface area contributed by atoms with Gasteiger partial charge in [0.2, 0.25) is 0 Å². The molecule has 0 atom stereocenters. The molecule has 0 amide bonds. The number of carboxylic acid groups (broad SMARTS) is 1. The number of thioether (sulfide) groups is 1. The molecule has 0 radical (unpaired) electrons. The number of nitrogens with one attached hydrogen (secondary N) is 1. The fourth-order valence-electron chi connectivity index (χ4n) is 1.56. The van der Waals surface area contributed by atoms with E-state index in [0.717, 1.165) is 11.3 Å². The first kappa shape index (κ1) is 13.4. The maximum atomic E-state index is 11.2. The molecule has 19 heavy (non-hydrogen) atoms. The first-order valence-electron chi connectivity index (χ1n) is 5.59. The molecule has 0 saturated heterocycles. The predicted octanol–water partition coefficient (Wildman–Crippen LogP) is 2.95. The molecule has 1 aromatic carbocycles. The van der Waals surface area contributed by atoms with Crippen molar-refractivity contribution in [3.05, 3.63) is 41.6 Å². The third-order valence-corrected chi connectivity index (χ3v) is 3.14. The fourth-order valence-corrected chi connectivity index (χ4v) is 1.90. The molecule has 0 fully saturated rings. The van der Waals surface area contributed by atoms with Crippen LogP contribution in [-0.2, 0) is 0 Å². The van der Waals surface area contributed by atoms with E-state index in [-0.39, 0.29) is 5.56 Å². The molecule has 0 aliphatic carbocycles. The van der Waals surface area contributed by atoms with Crippen LogP contribution in [0.2, 0.25) is 0 Å². The van der Waals surface area contributed by atoms with E-state index in [9.17, 15) is 4.79 Å². The second-order valence-electron chi connectivity index (χ2n) is 3.86. The molecular formula is C13H13N3O2S. The van der Waals surface area contributed by atoms with Gasteiger partial charge in [-0.2, -0.15) is 0 Å². The maximum Gasteiger partial charge on any atom is 0.341 e. The summed E-state index contributed by atoms with van der Waals surface area (Å²) in [4.78, 5) is 19.4. The van der Waals surface area contributed by atoms with Crippen molar-refractivity contribution >= 4 is 29.2 Å². The summed E-state index contributed by atoms with van der Waals surface area (Å²) in [6.45, 7) is 1.94. The topological polar surface area (TPSA) is 75.1 Å². The average molecular weight is 275 g/mol. The third-order valence-electron chi connectivity index (χ3n) is 2.58. The lowest BCUT2D eigenvalue weighted by Gasteiger charge is -2.11. The van der Waals surface area contributed by atoms with Gasteiger partial charge in [-0.15, -0.1) is 0 Å². The highest BCUT2D eigenvalue weighted by Crippen LogP contribution is 2.23. The van der Waals surface area contributed by atoms with Gasteiger partial charge in [0, 0.05) is 11.9 Å². The minimum absolute atomic E-state index is 0.0565. The van der Waals surface area contributed by atoms with Gasteiger partial charge in [-0.05, 0) is 24.8 Å². The fraction of sp³-hybridized carbons (Fsp3) is 0.154. The Kier molecular flexibility index (Phi) is 4.01. The van der Waals surface area contributed by atoms with E-state index >= 15 is 0 Å². The van der Waals surface area contributed by atoms with Crippen molar-refractivity contribution in [3.8, 4) is 0 Å². The van der Waals surface area contributed by atoms with Crippen LogP contribution in [0.3, 0.4) is 0 Å². The number of aromatic nitrogens is 2. The van der Waals surface area contributed by atoms with Gasteiger partial charge in [-0.1, -0.05) is 30.0 Å². The lowest BCUT2D eigenvalue weighted by atomic mass is 10.2. The first-order chi connectivity index (χ1) is 9.11. The molecule has 1 heterocycles. The van der Waals surface area contributed by atoms with Gasteiger partial charge in [0.15, 0.2) is 5.16 Å². The van der Waals surface area contributed by atoms with Crippen molar-refractivity contribution in [1.82, 2.24) is 9.97 Å². The van der Waals surface area contributed by atoms with Crippen LogP contribution >= 0.6 is 11.8 Å². The molecule has 5 nitrogen and oxygen atoms in total. The standard InChI is InChI=1S/C13H13N3O2S/c1-8-5-3-4-6-10(8)15-11-9(12(17)18)7-14-13(16-11)19-2/h3-7H,1-2H3,(H,17,18)(H,14,15,16). The van der Waals surface area contributed by atoms with E-state index in [1.165, 1.54) is 18.0 Å². The number of carbonyl (C=O) groups is 1. The van der Waals surface area contributed by atoms with Crippen LogP contribution in [-0.4, -0.2) is 27.3 Å². The second-order valence-corrected chi connectivity index (χ2v) is 4.64. The Balaban J connectivity index is 2.43. The molecule has 0 saturated carbocycles. The molecule has 2 rings (SSSR count). The SMILES string of the molecule is CSc1ncc(C(=O)O)c(Nc2ccccc2C)n1. The highest BCUT2D eigenvalue weighted by molar-refractivity contribution is 7.98. The van der Waals surface area contributed by atoms with Crippen LogP contribution in [0.5, 0.6) is 0 Å². The summed E-state index contributed by atoms with van der Waals surface area (Å²) < 4.78 is 0. The molecule has 0 spiro atoms. The Bertz CT molecular complexity index is 617. The monoisotopic (exact) mass is 275 g/mol. The Morgan fingerprint density at radius 2 is 2.11 bits per heavy atom. The molecule has 6 heteroatoms. The highest BCUT2D eigenvalue weighted by atomic mass is 32.2. The number of aryl methyl sites for hydroxylation is 1. The molecule has 0 aliphatic rings. The van der Waals surface area contributed by atoms with E-state index in [4.69, 9.17) is 5.11 Å². The summed E-state index contributed by atoms with van der Waals surface area (Å²) in [5.41, 5.74) is 1.90. The normalized spacial score (nSPS) is 10.2. The number of aromatic carboxylic acids is 1. The molecule has 98 valence electrons.